The van der Waals surface area contributed by atoms with Gasteiger partial charge in [0.25, 0.3) is 0 Å². The lowest BCUT2D eigenvalue weighted by molar-refractivity contribution is -0.164. The van der Waals surface area contributed by atoms with Crippen LogP contribution in [-0.4, -0.2) is 161 Å². The van der Waals surface area contributed by atoms with E-state index in [0.717, 1.165) is 5.39 Å². The maximum atomic E-state index is 14.2. The van der Waals surface area contributed by atoms with Crippen LogP contribution in [0.4, 0.5) is 15.4 Å². The quantitative estimate of drug-likeness (QED) is 0.0331. The highest BCUT2D eigenvalue weighted by Crippen LogP contribution is 2.54. The number of methoxy groups -OCH3 is 2. The molecule has 1 saturated carbocycles. The van der Waals surface area contributed by atoms with Gasteiger partial charge in [-0.15, -0.1) is 0 Å². The molecule has 3 aromatic carbocycles. The van der Waals surface area contributed by atoms with Crippen LogP contribution in [0.3, 0.4) is 0 Å². The minimum atomic E-state index is -1.62. The summed E-state index contributed by atoms with van der Waals surface area (Å²) in [7, 11) is 5.60. The van der Waals surface area contributed by atoms with Crippen molar-refractivity contribution in [3.63, 3.8) is 0 Å². The number of aromatic hydroxyl groups is 2. The van der Waals surface area contributed by atoms with Gasteiger partial charge in [0.1, 0.15) is 46.8 Å². The highest BCUT2D eigenvalue weighted by atomic mass is 33.1. The van der Waals surface area contributed by atoms with Crippen LogP contribution in [0.5, 0.6) is 23.0 Å². The number of amides is 2. The van der Waals surface area contributed by atoms with Crippen molar-refractivity contribution in [1.29, 1.82) is 0 Å². The van der Waals surface area contributed by atoms with Crippen molar-refractivity contribution < 1.29 is 72.4 Å². The van der Waals surface area contributed by atoms with Crippen molar-refractivity contribution >= 4 is 73.4 Å². The number of hydrogen-bond acceptors (Lipinski definition) is 22. The van der Waals surface area contributed by atoms with Gasteiger partial charge in [0.15, 0.2) is 23.0 Å². The van der Waals surface area contributed by atoms with Crippen LogP contribution in [0, 0.1) is 5.92 Å². The molecule has 3 aromatic heterocycles. The zero-order valence-corrected chi connectivity index (χ0v) is 44.5. The third-order valence-corrected chi connectivity index (χ3v) is 17.1. The van der Waals surface area contributed by atoms with Crippen LogP contribution in [0.15, 0.2) is 65.2 Å². The lowest BCUT2D eigenvalue weighted by Gasteiger charge is -2.46. The molecular formula is C54H59N7O15S2. The Balaban J connectivity index is 0.718. The number of phenols is 2. The number of ether oxygens (including phenoxy) is 6. The van der Waals surface area contributed by atoms with Gasteiger partial charge in [-0.2, -0.15) is 0 Å². The number of aliphatic hydroxyl groups excluding tert-OH is 2. The lowest BCUT2D eigenvalue weighted by atomic mass is 9.71. The molecule has 4 aliphatic rings. The van der Waals surface area contributed by atoms with Gasteiger partial charge in [0.05, 0.1) is 60.7 Å². The molecule has 1 saturated heterocycles. The zero-order chi connectivity index (χ0) is 54.8. The topological polar surface area (TPSA) is 310 Å². The number of anilines is 1. The third kappa shape index (κ3) is 10.7. The van der Waals surface area contributed by atoms with Crippen molar-refractivity contribution in [2.24, 2.45) is 11.7 Å². The predicted octanol–water partition coefficient (Wildman–Crippen LogP) is 5.60. The molecule has 24 heteroatoms. The van der Waals surface area contributed by atoms with E-state index in [4.69, 9.17) is 48.5 Å². The summed E-state index contributed by atoms with van der Waals surface area (Å²) in [6.45, 7) is 4.12. The molecule has 6 aromatic rings. The van der Waals surface area contributed by atoms with Crippen LogP contribution in [-0.2, 0) is 25.4 Å². The lowest BCUT2D eigenvalue weighted by Crippen LogP contribution is -2.53. The second kappa shape index (κ2) is 23.3. The minimum Gasteiger partial charge on any atom is -0.507 e. The van der Waals surface area contributed by atoms with Crippen LogP contribution in [0.25, 0.3) is 33.6 Å². The second-order valence-corrected chi connectivity index (χ2v) is 22.2. The number of aliphatic hydroxyl groups is 2. The maximum absolute atomic E-state index is 14.2. The number of carbonyl (C=O) groups is 4. The Morgan fingerprint density at radius 1 is 0.936 bits per heavy atom. The number of rotatable bonds is 17. The number of ketones is 2. The first-order valence-corrected chi connectivity index (χ1v) is 28.0. The molecule has 10 rings (SSSR count). The summed E-state index contributed by atoms with van der Waals surface area (Å²) in [4.78, 5) is 70.2. The number of carbonyl (C=O) groups excluding carboxylic acids is 4. The number of pyridine rings is 1. The van der Waals surface area contributed by atoms with Gasteiger partial charge in [-0.3, -0.25) is 9.59 Å². The smallest absolute Gasteiger partial charge is 0.412 e. The molecule has 2 amide bonds. The maximum Gasteiger partial charge on any atom is 0.412 e. The van der Waals surface area contributed by atoms with E-state index in [0.29, 0.717) is 90.5 Å². The van der Waals surface area contributed by atoms with Crippen LogP contribution < -0.4 is 30.7 Å². The Morgan fingerprint density at radius 2 is 1.68 bits per heavy atom. The molecule has 7 atom stereocenters. The molecule has 78 heavy (non-hydrogen) atoms. The number of phenolic OH excluding ortho intramolecular Hbond substituents is 2. The SMILES string of the molecule is COc1cccc2c1C(=O)c1c(O)c3c(c(O)c1C2=O)CC(OC)(C(O)COC(=O)NCCSSCCNC(=O)Oc1cccc(-c2nc(N4CCOCC4)c4oc5ncccc5c4n2)c1)CC3OC1CC(C)C(O)C(N)C1. The van der Waals surface area contributed by atoms with E-state index in [1.54, 1.807) is 24.4 Å². The van der Waals surface area contributed by atoms with Crippen molar-refractivity contribution in [2.45, 2.75) is 68.7 Å². The van der Waals surface area contributed by atoms with E-state index < -0.39 is 89.0 Å². The molecule has 7 unspecified atom stereocenters. The zero-order valence-electron chi connectivity index (χ0n) is 42.9. The Morgan fingerprint density at radius 3 is 2.42 bits per heavy atom. The number of fused-ring (bicyclic) bond motifs is 6. The Kier molecular flexibility index (Phi) is 16.3. The highest BCUT2D eigenvalue weighted by molar-refractivity contribution is 8.76. The van der Waals surface area contributed by atoms with Crippen molar-refractivity contribution in [2.75, 3.05) is 76.6 Å². The van der Waals surface area contributed by atoms with E-state index in [1.807, 2.05) is 25.1 Å². The summed E-state index contributed by atoms with van der Waals surface area (Å²) < 4.78 is 40.8. The van der Waals surface area contributed by atoms with Crippen molar-refractivity contribution in [3.8, 4) is 34.4 Å². The summed E-state index contributed by atoms with van der Waals surface area (Å²) >= 11 is 0. The number of nitrogens with two attached hydrogens (primary N) is 1. The summed E-state index contributed by atoms with van der Waals surface area (Å²) in [5, 5.41) is 52.6. The molecule has 2 fully saturated rings. The molecule has 22 nitrogen and oxygen atoms in total. The van der Waals surface area contributed by atoms with Gasteiger partial charge in [0, 0.05) is 92.1 Å². The monoisotopic (exact) mass is 1110 g/mol. The van der Waals surface area contributed by atoms with Gasteiger partial charge < -0.3 is 74.5 Å². The molecule has 1 aliphatic heterocycles. The Hall–Kier alpha value is -6.77. The first-order valence-electron chi connectivity index (χ1n) is 25.5. The number of benzene rings is 3. The van der Waals surface area contributed by atoms with E-state index in [2.05, 4.69) is 20.5 Å². The average Bonchev–Trinajstić information content (AvgIpc) is 3.97. The van der Waals surface area contributed by atoms with Crippen LogP contribution >= 0.6 is 21.6 Å². The largest absolute Gasteiger partial charge is 0.507 e. The predicted molar refractivity (Wildman–Crippen MR) is 288 cm³/mol. The third-order valence-electron chi connectivity index (χ3n) is 14.7. The average molecular weight is 1110 g/mol. The van der Waals surface area contributed by atoms with E-state index in [-0.39, 0.29) is 59.7 Å². The number of nitrogens with zero attached hydrogens (tertiary/aromatic N) is 4. The highest BCUT2D eigenvalue weighted by Gasteiger charge is 2.51. The molecule has 3 aliphatic carbocycles. The number of alkyl carbamates (subject to hydrolysis) is 1. The van der Waals surface area contributed by atoms with Crippen LogP contribution in [0.2, 0.25) is 0 Å². The van der Waals surface area contributed by atoms with E-state index >= 15 is 0 Å². The van der Waals surface area contributed by atoms with Gasteiger partial charge in [-0.25, -0.2) is 24.5 Å². The molecule has 0 spiro atoms. The first kappa shape index (κ1) is 54.6. The van der Waals surface area contributed by atoms with Gasteiger partial charge in [0.2, 0.25) is 11.5 Å². The van der Waals surface area contributed by atoms with Crippen LogP contribution in [0.1, 0.15) is 75.3 Å². The van der Waals surface area contributed by atoms with Crippen molar-refractivity contribution in [3.05, 3.63) is 94.2 Å². The molecule has 412 valence electrons. The first-order chi connectivity index (χ1) is 37.7. The second-order valence-electron chi connectivity index (χ2n) is 19.5. The Labute approximate surface area is 455 Å². The fraction of sp³-hybridized carbons (Fsp3) is 0.426. The number of morpholine rings is 1. The fourth-order valence-corrected chi connectivity index (χ4v) is 12.6. The fourth-order valence-electron chi connectivity index (χ4n) is 10.7. The van der Waals surface area contributed by atoms with Gasteiger partial charge in [-0.1, -0.05) is 52.8 Å². The molecule has 4 heterocycles. The molecule has 8 N–H and O–H groups in total. The molecule has 0 radical (unpaired) electrons. The standard InChI is InChI=1S/C54H59N7O15S2/c1-27-21-30(23-34(55)43(27)63)74-36-25-54(71-3,24-33-39(36)47(67)41-40(45(33)65)44(64)31-9-5-11-35(70-2)38(31)46(41)66)37(62)26-73-52(68)57-13-19-77-78-20-14-58-53(69)75-29-8-4-7-28(22-29)49-59-42-32-10-6-12-56-51(32)76-48(42)50(60-49)61-15-17-72-18-16-61/h4-12,22,27,30,34,36-37,43,62-63,65,67H,13-21,23-26,55H2,1-3H3,(H,57,68)(H,58,69). The van der Waals surface area contributed by atoms with E-state index in [1.165, 1.54) is 54.0 Å². The number of aromatic nitrogens is 3. The Bertz CT molecular complexity index is 3250. The molecular weight excluding hydrogens is 1050 g/mol. The number of nitrogens with one attached hydrogen (secondary N) is 2. The van der Waals surface area contributed by atoms with Crippen molar-refractivity contribution in [1.82, 2.24) is 25.6 Å². The van der Waals surface area contributed by atoms with Gasteiger partial charge >= 0.3 is 12.2 Å². The summed E-state index contributed by atoms with van der Waals surface area (Å²) in [6, 6.07) is 14.5. The number of hydrogen-bond donors (Lipinski definition) is 7. The molecule has 0 bridgehead atoms. The number of furan rings is 1. The van der Waals surface area contributed by atoms with E-state index in [9.17, 15) is 39.6 Å². The summed E-state index contributed by atoms with van der Waals surface area (Å²) in [5.41, 5.74) is 6.06. The van der Waals surface area contributed by atoms with Gasteiger partial charge in [-0.05, 0) is 49.1 Å². The normalized spacial score (nSPS) is 22.3. The summed E-state index contributed by atoms with van der Waals surface area (Å²) in [5.74, 6) is -0.424. The minimum absolute atomic E-state index is 0.00201. The summed E-state index contributed by atoms with van der Waals surface area (Å²) in [6.07, 6.45) is -3.67.